The number of nitrogens with zero attached hydrogens (tertiary/aromatic N) is 3. The standard InChI is InChI=1S/C18H18F6N6O2/c19-10-6-12(21)11(20)4-8(10)3-9(25-17(31)32)5-15-26-27-16-13-7-14(18(22,23)24)28-30(13)2-1-29(15)16/h1-2,4,6,9,13-14,16,25,27-28H,3,5,7H2,(H,31,32)/t9-,13?,14?,16?/m1/s1. The van der Waals surface area contributed by atoms with Crippen LogP contribution in [0.3, 0.4) is 0 Å². The molecule has 0 aromatic heterocycles. The van der Waals surface area contributed by atoms with Crippen LogP contribution < -0.4 is 16.2 Å². The summed E-state index contributed by atoms with van der Waals surface area (Å²) >= 11 is 0. The molecule has 4 rings (SSSR count). The van der Waals surface area contributed by atoms with E-state index in [2.05, 4.69) is 21.3 Å². The number of hydrazine groups is 1. The largest absolute Gasteiger partial charge is 0.465 e. The molecule has 0 spiro atoms. The molecule has 0 aliphatic carbocycles. The minimum atomic E-state index is -4.43. The number of hydrazone groups is 1. The van der Waals surface area contributed by atoms with Crippen molar-refractivity contribution in [1.29, 1.82) is 0 Å². The number of fused-ring (bicyclic) bond motifs is 3. The predicted octanol–water partition coefficient (Wildman–Crippen LogP) is 2.21. The smallest absolute Gasteiger partial charge is 0.405 e. The van der Waals surface area contributed by atoms with E-state index in [0.29, 0.717) is 18.0 Å². The molecule has 3 aliphatic heterocycles. The monoisotopic (exact) mass is 464 g/mol. The molecule has 3 heterocycles. The molecular formula is C18H18F6N6O2. The van der Waals surface area contributed by atoms with Crippen LogP contribution >= 0.6 is 0 Å². The van der Waals surface area contributed by atoms with Crippen molar-refractivity contribution < 1.29 is 36.2 Å². The van der Waals surface area contributed by atoms with Crippen molar-refractivity contribution in [3.8, 4) is 0 Å². The fourth-order valence-electron chi connectivity index (χ4n) is 4.05. The van der Waals surface area contributed by atoms with Gasteiger partial charge in [0.05, 0.1) is 6.04 Å². The first-order valence-electron chi connectivity index (χ1n) is 9.56. The molecule has 1 amide bonds. The highest BCUT2D eigenvalue weighted by Gasteiger charge is 2.52. The number of rotatable bonds is 5. The van der Waals surface area contributed by atoms with Gasteiger partial charge in [-0.1, -0.05) is 0 Å². The Morgan fingerprint density at radius 1 is 1.19 bits per heavy atom. The maximum atomic E-state index is 14.0. The Hall–Kier alpha value is -3.16. The fraction of sp³-hybridized carbons (Fsp3) is 0.444. The molecule has 1 fully saturated rings. The van der Waals surface area contributed by atoms with Crippen LogP contribution in [0, 0.1) is 17.5 Å². The normalized spacial score (nSPS) is 25.2. The zero-order chi connectivity index (χ0) is 23.2. The van der Waals surface area contributed by atoms with Gasteiger partial charge >= 0.3 is 12.3 Å². The van der Waals surface area contributed by atoms with Crippen molar-refractivity contribution in [2.45, 2.75) is 49.7 Å². The lowest BCUT2D eigenvalue weighted by atomic mass is 10.0. The molecule has 3 aliphatic rings. The average molecular weight is 464 g/mol. The van der Waals surface area contributed by atoms with Gasteiger partial charge in [0.25, 0.3) is 0 Å². The second-order valence-electron chi connectivity index (χ2n) is 7.65. The number of nitrogens with one attached hydrogen (secondary N) is 3. The van der Waals surface area contributed by atoms with Crippen molar-refractivity contribution in [3.05, 3.63) is 47.5 Å². The third-order valence-electron chi connectivity index (χ3n) is 5.52. The summed E-state index contributed by atoms with van der Waals surface area (Å²) in [5.74, 6) is -3.38. The van der Waals surface area contributed by atoms with Gasteiger partial charge in [0.1, 0.15) is 23.9 Å². The maximum Gasteiger partial charge on any atom is 0.405 e. The minimum Gasteiger partial charge on any atom is -0.465 e. The molecule has 14 heteroatoms. The Morgan fingerprint density at radius 2 is 1.91 bits per heavy atom. The van der Waals surface area contributed by atoms with E-state index in [1.807, 2.05) is 0 Å². The number of alkyl halides is 3. The number of halogens is 6. The van der Waals surface area contributed by atoms with Crippen LogP contribution in [-0.2, 0) is 6.42 Å². The summed E-state index contributed by atoms with van der Waals surface area (Å²) in [6.07, 6.45) is -4.20. The third kappa shape index (κ3) is 4.26. The van der Waals surface area contributed by atoms with E-state index in [4.69, 9.17) is 5.11 Å². The lowest BCUT2D eigenvalue weighted by Crippen LogP contribution is -2.55. The van der Waals surface area contributed by atoms with Crippen LogP contribution in [0.5, 0.6) is 0 Å². The van der Waals surface area contributed by atoms with Crippen molar-refractivity contribution in [2.24, 2.45) is 5.10 Å². The second kappa shape index (κ2) is 8.07. The molecular weight excluding hydrogens is 446 g/mol. The summed E-state index contributed by atoms with van der Waals surface area (Å²) in [4.78, 5) is 12.8. The Balaban J connectivity index is 1.48. The van der Waals surface area contributed by atoms with Crippen molar-refractivity contribution in [1.82, 2.24) is 26.1 Å². The van der Waals surface area contributed by atoms with Gasteiger partial charge in [0.15, 0.2) is 11.6 Å². The number of hydrogen-bond donors (Lipinski definition) is 4. The number of hydrogen-bond acceptors (Lipinski definition) is 6. The van der Waals surface area contributed by atoms with Crippen molar-refractivity contribution in [3.63, 3.8) is 0 Å². The van der Waals surface area contributed by atoms with E-state index in [9.17, 15) is 31.1 Å². The Labute approximate surface area is 177 Å². The van der Waals surface area contributed by atoms with Crippen LogP contribution in [0.2, 0.25) is 0 Å². The molecule has 1 saturated heterocycles. The number of carboxylic acid groups (broad SMARTS) is 1. The molecule has 0 saturated carbocycles. The quantitative estimate of drug-likeness (QED) is 0.395. The van der Waals surface area contributed by atoms with Crippen LogP contribution in [0.1, 0.15) is 18.4 Å². The highest BCUT2D eigenvalue weighted by Crippen LogP contribution is 2.34. The van der Waals surface area contributed by atoms with E-state index >= 15 is 0 Å². The van der Waals surface area contributed by atoms with Gasteiger partial charge in [-0.2, -0.15) is 18.3 Å². The minimum absolute atomic E-state index is 0.0819. The maximum absolute atomic E-state index is 14.0. The van der Waals surface area contributed by atoms with Gasteiger partial charge in [-0.15, -0.1) is 0 Å². The van der Waals surface area contributed by atoms with Gasteiger partial charge in [-0.05, 0) is 24.5 Å². The van der Waals surface area contributed by atoms with Gasteiger partial charge in [-0.3, -0.25) is 5.43 Å². The van der Waals surface area contributed by atoms with E-state index in [0.717, 1.165) is 0 Å². The van der Waals surface area contributed by atoms with Gasteiger partial charge in [0, 0.05) is 30.9 Å². The highest BCUT2D eigenvalue weighted by atomic mass is 19.4. The van der Waals surface area contributed by atoms with E-state index in [1.54, 1.807) is 4.90 Å². The molecule has 174 valence electrons. The predicted molar refractivity (Wildman–Crippen MR) is 98.1 cm³/mol. The molecule has 1 aromatic carbocycles. The van der Waals surface area contributed by atoms with E-state index < -0.39 is 54.0 Å². The lowest BCUT2D eigenvalue weighted by Gasteiger charge is -2.37. The fourth-order valence-corrected chi connectivity index (χ4v) is 4.05. The summed E-state index contributed by atoms with van der Waals surface area (Å²) in [5, 5.41) is 16.8. The number of benzene rings is 1. The zero-order valence-corrected chi connectivity index (χ0v) is 16.2. The summed E-state index contributed by atoms with van der Waals surface area (Å²) < 4.78 is 80.0. The van der Waals surface area contributed by atoms with Gasteiger partial charge in [0.2, 0.25) is 0 Å². The Kier molecular flexibility index (Phi) is 5.56. The first-order chi connectivity index (χ1) is 15.0. The van der Waals surface area contributed by atoms with E-state index in [1.165, 1.54) is 17.4 Å². The number of carbonyl (C=O) groups is 1. The molecule has 8 nitrogen and oxygen atoms in total. The average Bonchev–Trinajstić information content (AvgIpc) is 3.29. The number of amidine groups is 1. The molecule has 1 aromatic rings. The molecule has 3 unspecified atom stereocenters. The Bertz CT molecular complexity index is 970. The molecule has 0 radical (unpaired) electrons. The molecule has 32 heavy (non-hydrogen) atoms. The molecule has 4 atom stereocenters. The van der Waals surface area contributed by atoms with Gasteiger partial charge in [-0.25, -0.2) is 23.4 Å². The molecule has 4 N–H and O–H groups in total. The van der Waals surface area contributed by atoms with Gasteiger partial charge < -0.3 is 20.3 Å². The SMILES string of the molecule is O=C(O)N[C@@H](CC1=NNC2C3CC(C(F)(F)F)NN3C=CN12)Cc1cc(F)c(F)cc1F. The first kappa shape index (κ1) is 22.0. The lowest BCUT2D eigenvalue weighted by molar-refractivity contribution is -0.155. The van der Waals surface area contributed by atoms with E-state index in [-0.39, 0.29) is 24.8 Å². The summed E-state index contributed by atoms with van der Waals surface area (Å²) in [7, 11) is 0. The van der Waals surface area contributed by atoms with Crippen LogP contribution in [-0.4, -0.2) is 57.4 Å². The summed E-state index contributed by atoms with van der Waals surface area (Å²) in [6.45, 7) is 0. The van der Waals surface area contributed by atoms with Crippen LogP contribution in [0.25, 0.3) is 0 Å². The highest BCUT2D eigenvalue weighted by molar-refractivity contribution is 5.86. The first-order valence-corrected chi connectivity index (χ1v) is 9.56. The topological polar surface area (TPSA) is 92.2 Å². The number of amides is 1. The third-order valence-corrected chi connectivity index (χ3v) is 5.52. The summed E-state index contributed by atoms with van der Waals surface area (Å²) in [5.41, 5.74) is 4.90. The van der Waals surface area contributed by atoms with Crippen molar-refractivity contribution in [2.75, 3.05) is 0 Å². The van der Waals surface area contributed by atoms with Crippen LogP contribution in [0.4, 0.5) is 31.1 Å². The molecule has 0 bridgehead atoms. The Morgan fingerprint density at radius 3 is 2.59 bits per heavy atom. The van der Waals surface area contributed by atoms with Crippen LogP contribution in [0.15, 0.2) is 29.6 Å². The second-order valence-corrected chi connectivity index (χ2v) is 7.65. The summed E-state index contributed by atoms with van der Waals surface area (Å²) in [6, 6.07) is -2.27. The van der Waals surface area contributed by atoms with Crippen molar-refractivity contribution >= 4 is 11.9 Å². The zero-order valence-electron chi connectivity index (χ0n) is 16.2.